The van der Waals surface area contributed by atoms with E-state index in [1.54, 1.807) is 0 Å². The first-order valence-corrected chi connectivity index (χ1v) is 10.4. The van der Waals surface area contributed by atoms with Gasteiger partial charge in [-0.2, -0.15) is 0 Å². The van der Waals surface area contributed by atoms with Gasteiger partial charge in [-0.15, -0.1) is 0 Å². The van der Waals surface area contributed by atoms with Crippen molar-refractivity contribution in [3.05, 3.63) is 65.9 Å². The van der Waals surface area contributed by atoms with Crippen LogP contribution in [0.15, 0.2) is 54.6 Å². The molecule has 3 aromatic rings. The molecule has 1 unspecified atom stereocenters. The SMILES string of the molecule is COC(=O)c1c(C[NH+](C)CC(=O)NC(C)(C)C)nc2ccccc2c1-c1ccccc1. The number of carbonyl (C=O) groups excluding carboxylic acids is 2. The fourth-order valence-corrected chi connectivity index (χ4v) is 3.70. The van der Waals surface area contributed by atoms with Gasteiger partial charge >= 0.3 is 5.97 Å². The number of benzene rings is 2. The van der Waals surface area contributed by atoms with Gasteiger partial charge in [0.1, 0.15) is 12.2 Å². The molecule has 2 aromatic carbocycles. The van der Waals surface area contributed by atoms with Gasteiger partial charge in [0.25, 0.3) is 5.91 Å². The first-order valence-electron chi connectivity index (χ1n) is 10.4. The maximum Gasteiger partial charge on any atom is 0.340 e. The number of para-hydroxylation sites is 1. The fourth-order valence-electron chi connectivity index (χ4n) is 3.70. The second-order valence-electron chi connectivity index (χ2n) is 8.79. The summed E-state index contributed by atoms with van der Waals surface area (Å²) in [6, 6.07) is 17.6. The molecule has 3 rings (SSSR count). The van der Waals surface area contributed by atoms with E-state index in [-0.39, 0.29) is 18.0 Å². The molecular weight excluding hydrogens is 390 g/mol. The molecule has 1 atom stereocenters. The van der Waals surface area contributed by atoms with E-state index in [0.717, 1.165) is 26.9 Å². The minimum Gasteiger partial charge on any atom is -0.465 e. The molecular formula is C25H30N3O3+. The fraction of sp³-hybridized carbons (Fsp3) is 0.320. The van der Waals surface area contributed by atoms with Crippen molar-refractivity contribution >= 4 is 22.8 Å². The van der Waals surface area contributed by atoms with Crippen LogP contribution in [-0.4, -0.2) is 43.1 Å². The summed E-state index contributed by atoms with van der Waals surface area (Å²) in [5, 5.41) is 3.87. The number of hydrogen-bond donors (Lipinski definition) is 2. The van der Waals surface area contributed by atoms with Crippen LogP contribution in [0.5, 0.6) is 0 Å². The van der Waals surface area contributed by atoms with E-state index in [9.17, 15) is 9.59 Å². The average Bonchev–Trinajstić information content (AvgIpc) is 2.71. The molecule has 2 N–H and O–H groups in total. The van der Waals surface area contributed by atoms with Crippen molar-refractivity contribution in [2.75, 3.05) is 20.7 Å². The zero-order chi connectivity index (χ0) is 22.6. The van der Waals surface area contributed by atoms with Crippen LogP contribution in [0.4, 0.5) is 0 Å². The highest BCUT2D eigenvalue weighted by Gasteiger charge is 2.26. The van der Waals surface area contributed by atoms with Crippen LogP contribution in [0.25, 0.3) is 22.0 Å². The predicted octanol–water partition coefficient (Wildman–Crippen LogP) is 2.62. The van der Waals surface area contributed by atoms with Crippen molar-refractivity contribution in [1.82, 2.24) is 10.3 Å². The molecule has 1 amide bonds. The van der Waals surface area contributed by atoms with Crippen LogP contribution in [0.1, 0.15) is 36.8 Å². The molecule has 0 saturated heterocycles. The Morgan fingerprint density at radius 3 is 2.32 bits per heavy atom. The Hall–Kier alpha value is -3.25. The maximum absolute atomic E-state index is 12.9. The number of fused-ring (bicyclic) bond motifs is 1. The first-order chi connectivity index (χ1) is 14.7. The molecule has 0 fully saturated rings. The van der Waals surface area contributed by atoms with Crippen molar-refractivity contribution in [1.29, 1.82) is 0 Å². The van der Waals surface area contributed by atoms with Gasteiger partial charge in [-0.25, -0.2) is 9.78 Å². The highest BCUT2D eigenvalue weighted by atomic mass is 16.5. The summed E-state index contributed by atoms with van der Waals surface area (Å²) in [5.41, 5.74) is 3.30. The second kappa shape index (κ2) is 9.27. The molecule has 0 aliphatic carbocycles. The van der Waals surface area contributed by atoms with E-state index in [1.807, 2.05) is 82.4 Å². The predicted molar refractivity (Wildman–Crippen MR) is 122 cm³/mol. The Kier molecular flexibility index (Phi) is 6.71. The van der Waals surface area contributed by atoms with Crippen LogP contribution in [0, 0.1) is 0 Å². The van der Waals surface area contributed by atoms with Gasteiger partial charge < -0.3 is 15.0 Å². The van der Waals surface area contributed by atoms with E-state index in [4.69, 9.17) is 9.72 Å². The van der Waals surface area contributed by atoms with Gasteiger partial charge in [-0.05, 0) is 32.4 Å². The summed E-state index contributed by atoms with van der Waals surface area (Å²) in [6.45, 7) is 6.53. The maximum atomic E-state index is 12.9. The number of rotatable bonds is 6. The Morgan fingerprint density at radius 2 is 1.68 bits per heavy atom. The molecule has 0 radical (unpaired) electrons. The number of quaternary nitrogens is 1. The normalized spacial score (nSPS) is 12.4. The van der Waals surface area contributed by atoms with E-state index >= 15 is 0 Å². The molecule has 0 bridgehead atoms. The number of nitrogens with one attached hydrogen (secondary N) is 2. The summed E-state index contributed by atoms with van der Waals surface area (Å²) in [6.07, 6.45) is 0. The number of hydrogen-bond acceptors (Lipinski definition) is 4. The summed E-state index contributed by atoms with van der Waals surface area (Å²) in [5.74, 6) is -0.479. The van der Waals surface area contributed by atoms with Crippen molar-refractivity contribution in [3.63, 3.8) is 0 Å². The molecule has 162 valence electrons. The van der Waals surface area contributed by atoms with Gasteiger partial charge in [0.15, 0.2) is 6.54 Å². The highest BCUT2D eigenvalue weighted by Crippen LogP contribution is 2.33. The largest absolute Gasteiger partial charge is 0.465 e. The number of nitrogens with zero attached hydrogens (tertiary/aromatic N) is 1. The van der Waals surface area contributed by atoms with Crippen molar-refractivity contribution in [3.8, 4) is 11.1 Å². The zero-order valence-corrected chi connectivity index (χ0v) is 18.8. The Bertz CT molecular complexity index is 1090. The lowest BCUT2D eigenvalue weighted by Gasteiger charge is -2.22. The Morgan fingerprint density at radius 1 is 1.03 bits per heavy atom. The monoisotopic (exact) mass is 420 g/mol. The van der Waals surface area contributed by atoms with E-state index < -0.39 is 5.97 Å². The van der Waals surface area contributed by atoms with E-state index in [2.05, 4.69) is 5.32 Å². The lowest BCUT2D eigenvalue weighted by molar-refractivity contribution is -0.885. The second-order valence-corrected chi connectivity index (χ2v) is 8.79. The van der Waals surface area contributed by atoms with Gasteiger partial charge in [0.2, 0.25) is 0 Å². The van der Waals surface area contributed by atoms with Crippen LogP contribution in [0.3, 0.4) is 0 Å². The van der Waals surface area contributed by atoms with Crippen LogP contribution in [0.2, 0.25) is 0 Å². The minimum atomic E-state index is -0.431. The molecule has 0 spiro atoms. The van der Waals surface area contributed by atoms with Gasteiger partial charge in [-0.3, -0.25) is 4.79 Å². The Balaban J connectivity index is 2.09. The highest BCUT2D eigenvalue weighted by molar-refractivity contribution is 6.07. The first kappa shape index (κ1) is 22.4. The lowest BCUT2D eigenvalue weighted by Crippen LogP contribution is -3.09. The summed E-state index contributed by atoms with van der Waals surface area (Å²) in [4.78, 5) is 31.0. The zero-order valence-electron chi connectivity index (χ0n) is 18.8. The topological polar surface area (TPSA) is 72.7 Å². The number of ether oxygens (including phenoxy) is 1. The van der Waals surface area contributed by atoms with E-state index in [1.165, 1.54) is 7.11 Å². The van der Waals surface area contributed by atoms with Gasteiger partial charge in [-0.1, -0.05) is 48.5 Å². The quantitative estimate of drug-likeness (QED) is 0.602. The Labute approximate surface area is 183 Å². The lowest BCUT2D eigenvalue weighted by atomic mass is 9.94. The number of likely N-dealkylation sites (N-methyl/N-ethyl adjacent to an activating group) is 1. The molecule has 31 heavy (non-hydrogen) atoms. The molecule has 0 saturated carbocycles. The number of methoxy groups -OCH3 is 1. The van der Waals surface area contributed by atoms with Gasteiger partial charge in [0, 0.05) is 16.5 Å². The standard InChI is InChI=1S/C25H29N3O3/c1-25(2,3)27-21(29)16-28(4)15-20-23(24(30)31-5)22(17-11-7-6-8-12-17)18-13-9-10-14-19(18)26-20/h6-14H,15-16H2,1-5H3,(H,27,29)/p+1. The minimum absolute atomic E-state index is 0.0475. The molecule has 1 heterocycles. The van der Waals surface area contributed by atoms with Crippen molar-refractivity contribution in [2.24, 2.45) is 0 Å². The van der Waals surface area contributed by atoms with Crippen LogP contribution in [-0.2, 0) is 16.1 Å². The third kappa shape index (κ3) is 5.47. The number of pyridine rings is 1. The van der Waals surface area contributed by atoms with E-state index in [0.29, 0.717) is 17.8 Å². The third-order valence-corrected chi connectivity index (χ3v) is 4.87. The van der Waals surface area contributed by atoms with Crippen LogP contribution >= 0.6 is 0 Å². The average molecular weight is 421 g/mol. The summed E-state index contributed by atoms with van der Waals surface area (Å²) < 4.78 is 5.15. The molecule has 6 nitrogen and oxygen atoms in total. The van der Waals surface area contributed by atoms with Crippen LogP contribution < -0.4 is 10.2 Å². The number of esters is 1. The number of amides is 1. The van der Waals surface area contributed by atoms with Gasteiger partial charge in [0.05, 0.1) is 25.2 Å². The van der Waals surface area contributed by atoms with Crippen molar-refractivity contribution < 1.29 is 19.2 Å². The molecule has 0 aliphatic heterocycles. The molecule has 6 heteroatoms. The third-order valence-electron chi connectivity index (χ3n) is 4.87. The smallest absolute Gasteiger partial charge is 0.340 e. The number of aromatic nitrogens is 1. The summed E-state index contributed by atoms with van der Waals surface area (Å²) in [7, 11) is 3.30. The summed E-state index contributed by atoms with van der Waals surface area (Å²) >= 11 is 0. The van der Waals surface area contributed by atoms with Crippen molar-refractivity contribution in [2.45, 2.75) is 32.9 Å². The number of carbonyl (C=O) groups is 2. The molecule has 1 aromatic heterocycles. The molecule has 0 aliphatic rings.